The van der Waals surface area contributed by atoms with Crippen LogP contribution in [0, 0.1) is 13.8 Å². The number of aryl methyl sites for hydroxylation is 2. The van der Waals surface area contributed by atoms with Crippen molar-refractivity contribution >= 4 is 40.7 Å². The predicted octanol–water partition coefficient (Wildman–Crippen LogP) is 8.59. The van der Waals surface area contributed by atoms with Crippen molar-refractivity contribution in [2.75, 3.05) is 5.32 Å². The van der Waals surface area contributed by atoms with Gasteiger partial charge in [-0.25, -0.2) is 24.9 Å². The summed E-state index contributed by atoms with van der Waals surface area (Å²) in [6.45, 7) is 3.79. The standard InChI is InChI=1S/C45H34N8O2/c1-28-15-9-11-21-32(28)44(54)52-42-38(40-46-23-13-24-47-40)36(30-17-5-3-6-18-30)34(50-42)27-35-37(31-19-7-4-8-20-31)39(41-48-25-14-26-49-41)43(51-35)53-45(55)33-22-12-10-16-29(33)2/h3-27,50H,1-2H3,(H,52,54)(H,51,53,55). The van der Waals surface area contributed by atoms with Gasteiger partial charge in [-0.1, -0.05) is 97.1 Å². The normalized spacial score (nSPS) is 13.1. The Bertz CT molecular complexity index is 2630. The molecule has 2 amide bonds. The number of carbonyl (C=O) groups is 2. The number of anilines is 1. The Morgan fingerprint density at radius 2 is 1.05 bits per heavy atom. The van der Waals surface area contributed by atoms with Gasteiger partial charge in [-0.15, -0.1) is 0 Å². The van der Waals surface area contributed by atoms with E-state index in [1.54, 1.807) is 49.1 Å². The number of aromatic amines is 1. The Kier molecular flexibility index (Phi) is 9.52. The second kappa shape index (κ2) is 15.2. The van der Waals surface area contributed by atoms with E-state index >= 15 is 0 Å². The summed E-state index contributed by atoms with van der Waals surface area (Å²) in [7, 11) is 0. The lowest BCUT2D eigenvalue weighted by Gasteiger charge is -2.11. The molecular formula is C45H34N8O2. The first-order valence-corrected chi connectivity index (χ1v) is 17.7. The van der Waals surface area contributed by atoms with Crippen LogP contribution in [-0.2, 0) is 0 Å². The van der Waals surface area contributed by atoms with E-state index in [1.807, 2.05) is 117 Å². The quantitative estimate of drug-likeness (QED) is 0.144. The molecule has 0 radical (unpaired) electrons. The number of aliphatic imine (C=N–C) groups is 1. The predicted molar refractivity (Wildman–Crippen MR) is 216 cm³/mol. The van der Waals surface area contributed by atoms with Crippen molar-refractivity contribution in [2.45, 2.75) is 13.8 Å². The summed E-state index contributed by atoms with van der Waals surface area (Å²) < 4.78 is 0. The lowest BCUT2D eigenvalue weighted by molar-refractivity contribution is 0.0975. The van der Waals surface area contributed by atoms with Crippen molar-refractivity contribution in [1.29, 1.82) is 0 Å². The van der Waals surface area contributed by atoms with Gasteiger partial charge >= 0.3 is 0 Å². The van der Waals surface area contributed by atoms with E-state index in [0.29, 0.717) is 62.5 Å². The average molecular weight is 719 g/mol. The van der Waals surface area contributed by atoms with Gasteiger partial charge < -0.3 is 15.6 Å². The molecule has 0 aliphatic carbocycles. The molecule has 55 heavy (non-hydrogen) atoms. The fraction of sp³-hybridized carbons (Fsp3) is 0.0444. The number of carbonyl (C=O) groups excluding carboxylic acids is 2. The number of amidine groups is 1. The van der Waals surface area contributed by atoms with Crippen LogP contribution in [0.25, 0.3) is 39.7 Å². The number of hydrogen-bond donors (Lipinski definition) is 3. The van der Waals surface area contributed by atoms with Crippen LogP contribution in [0.15, 0.2) is 157 Å². The molecule has 0 fully saturated rings. The second-order valence-electron chi connectivity index (χ2n) is 12.8. The molecule has 3 aromatic heterocycles. The number of aromatic nitrogens is 5. The molecule has 3 N–H and O–H groups in total. The first-order valence-electron chi connectivity index (χ1n) is 17.7. The van der Waals surface area contributed by atoms with E-state index in [-0.39, 0.29) is 11.8 Å². The first kappa shape index (κ1) is 34.5. The fourth-order valence-corrected chi connectivity index (χ4v) is 6.64. The highest BCUT2D eigenvalue weighted by molar-refractivity contribution is 6.37. The lowest BCUT2D eigenvalue weighted by atomic mass is 9.95. The van der Waals surface area contributed by atoms with Crippen LogP contribution >= 0.6 is 0 Å². The lowest BCUT2D eigenvalue weighted by Crippen LogP contribution is -2.31. The topological polar surface area (TPSA) is 138 Å². The largest absolute Gasteiger partial charge is 0.341 e. The van der Waals surface area contributed by atoms with Crippen LogP contribution in [0.4, 0.5) is 5.82 Å². The molecule has 7 aromatic rings. The number of hydrogen-bond acceptors (Lipinski definition) is 7. The molecule has 0 atom stereocenters. The number of H-pyrrole nitrogens is 1. The summed E-state index contributed by atoms with van der Waals surface area (Å²) in [4.78, 5) is 54.9. The monoisotopic (exact) mass is 718 g/mol. The van der Waals surface area contributed by atoms with Crippen LogP contribution in [0.1, 0.15) is 48.9 Å². The smallest absolute Gasteiger partial charge is 0.257 e. The Morgan fingerprint density at radius 3 is 1.64 bits per heavy atom. The molecule has 10 heteroatoms. The number of benzene rings is 4. The number of nitrogens with one attached hydrogen (secondary N) is 3. The van der Waals surface area contributed by atoms with E-state index in [4.69, 9.17) is 4.99 Å². The molecule has 8 rings (SSSR count). The van der Waals surface area contributed by atoms with Crippen LogP contribution in [0.5, 0.6) is 0 Å². The summed E-state index contributed by atoms with van der Waals surface area (Å²) in [6.07, 6.45) is 8.57. The van der Waals surface area contributed by atoms with E-state index in [0.717, 1.165) is 27.8 Å². The van der Waals surface area contributed by atoms with Crippen molar-refractivity contribution in [2.24, 2.45) is 4.99 Å². The Morgan fingerprint density at radius 1 is 0.545 bits per heavy atom. The molecule has 1 aliphatic rings. The van der Waals surface area contributed by atoms with Crippen molar-refractivity contribution in [3.63, 3.8) is 0 Å². The molecule has 0 spiro atoms. The van der Waals surface area contributed by atoms with Gasteiger partial charge in [-0.2, -0.15) is 0 Å². The number of nitrogens with zero attached hydrogens (tertiary/aromatic N) is 5. The molecule has 266 valence electrons. The number of rotatable bonds is 8. The number of allylic oxidation sites excluding steroid dienone is 1. The Balaban J connectivity index is 1.38. The minimum absolute atomic E-state index is 0.288. The first-order chi connectivity index (χ1) is 27.0. The van der Waals surface area contributed by atoms with Gasteiger partial charge in [-0.3, -0.25) is 9.59 Å². The molecule has 1 aliphatic heterocycles. The average Bonchev–Trinajstić information content (AvgIpc) is 3.76. The van der Waals surface area contributed by atoms with E-state index in [9.17, 15) is 9.59 Å². The highest BCUT2D eigenvalue weighted by atomic mass is 16.2. The zero-order chi connectivity index (χ0) is 37.7. The summed E-state index contributed by atoms with van der Waals surface area (Å²) in [6, 6.07) is 37.9. The third kappa shape index (κ3) is 6.99. The Hall–Kier alpha value is -7.59. The summed E-state index contributed by atoms with van der Waals surface area (Å²) in [5.41, 5.74) is 8.20. The van der Waals surface area contributed by atoms with Gasteiger partial charge in [0.15, 0.2) is 11.6 Å². The second-order valence-corrected chi connectivity index (χ2v) is 12.8. The van der Waals surface area contributed by atoms with Gasteiger partial charge in [0.25, 0.3) is 11.8 Å². The Labute approximate surface area is 317 Å². The minimum Gasteiger partial charge on any atom is -0.341 e. The minimum atomic E-state index is -0.312. The van der Waals surface area contributed by atoms with Crippen molar-refractivity contribution in [3.8, 4) is 22.5 Å². The van der Waals surface area contributed by atoms with Gasteiger partial charge in [0.1, 0.15) is 11.7 Å². The van der Waals surface area contributed by atoms with E-state index in [2.05, 4.69) is 35.6 Å². The summed E-state index contributed by atoms with van der Waals surface area (Å²) >= 11 is 0. The van der Waals surface area contributed by atoms with Crippen LogP contribution < -0.4 is 10.6 Å². The zero-order valence-electron chi connectivity index (χ0n) is 30.0. The third-order valence-electron chi connectivity index (χ3n) is 9.24. The molecule has 0 unspecified atom stereocenters. The molecule has 4 heterocycles. The summed E-state index contributed by atoms with van der Waals surface area (Å²) in [5, 5.41) is 6.21. The van der Waals surface area contributed by atoms with Gasteiger partial charge in [0.2, 0.25) is 0 Å². The molecule has 0 bridgehead atoms. The van der Waals surface area contributed by atoms with E-state index < -0.39 is 0 Å². The van der Waals surface area contributed by atoms with Crippen LogP contribution in [-0.4, -0.2) is 42.6 Å². The summed E-state index contributed by atoms with van der Waals surface area (Å²) in [5.74, 6) is 0.931. The maximum Gasteiger partial charge on any atom is 0.257 e. The molecule has 0 saturated heterocycles. The van der Waals surface area contributed by atoms with E-state index in [1.165, 1.54) is 0 Å². The fourth-order valence-electron chi connectivity index (χ4n) is 6.64. The van der Waals surface area contributed by atoms with Crippen molar-refractivity contribution < 1.29 is 9.59 Å². The number of amides is 2. The van der Waals surface area contributed by atoms with Crippen molar-refractivity contribution in [3.05, 3.63) is 191 Å². The van der Waals surface area contributed by atoms with Gasteiger partial charge in [0, 0.05) is 47.1 Å². The molecule has 4 aromatic carbocycles. The van der Waals surface area contributed by atoms with Gasteiger partial charge in [-0.05, 0) is 66.4 Å². The van der Waals surface area contributed by atoms with Crippen LogP contribution in [0.2, 0.25) is 0 Å². The molecular weight excluding hydrogens is 685 g/mol. The molecule has 10 nitrogen and oxygen atoms in total. The zero-order valence-corrected chi connectivity index (χ0v) is 30.0. The van der Waals surface area contributed by atoms with Crippen LogP contribution in [0.3, 0.4) is 0 Å². The highest BCUT2D eigenvalue weighted by Crippen LogP contribution is 2.44. The maximum absolute atomic E-state index is 13.9. The molecule has 0 saturated carbocycles. The third-order valence-corrected chi connectivity index (χ3v) is 9.24. The SMILES string of the molecule is Cc1ccccc1C(=O)NC1=NC(=Cc2[nH]c(NC(=O)c3ccccc3C)c(-c3ncccn3)c2-c2ccccc2)C(c2ccccc2)=C1c1ncccn1. The van der Waals surface area contributed by atoms with Crippen molar-refractivity contribution in [1.82, 2.24) is 30.2 Å². The maximum atomic E-state index is 13.9. The van der Waals surface area contributed by atoms with Gasteiger partial charge in [0.05, 0.1) is 22.5 Å². The highest BCUT2D eigenvalue weighted by Gasteiger charge is 2.31.